The van der Waals surface area contributed by atoms with Crippen molar-refractivity contribution in [2.24, 2.45) is 0 Å². The van der Waals surface area contributed by atoms with E-state index in [1.807, 2.05) is 32.0 Å². The molecule has 1 aromatic rings. The number of carbonyl (C=O) groups excluding carboxylic acids is 2. The van der Waals surface area contributed by atoms with E-state index in [2.05, 4.69) is 5.32 Å². The van der Waals surface area contributed by atoms with Gasteiger partial charge in [0.2, 0.25) is 5.91 Å². The average Bonchev–Trinajstić information content (AvgIpc) is 2.32. The molecule has 1 fully saturated rings. The number of carbonyl (C=O) groups is 2. The number of benzene rings is 1. The zero-order chi connectivity index (χ0) is 14.2. The topological polar surface area (TPSA) is 49.4 Å². The normalized spacial score (nSPS) is 18.1. The molecule has 1 N–H and O–H groups in total. The van der Waals surface area contributed by atoms with Crippen LogP contribution in [0.1, 0.15) is 35.3 Å². The summed E-state index contributed by atoms with van der Waals surface area (Å²) in [6.45, 7) is 8.48. The second kappa shape index (κ2) is 4.68. The van der Waals surface area contributed by atoms with Gasteiger partial charge in [0.1, 0.15) is 5.54 Å². The van der Waals surface area contributed by atoms with Crippen LogP contribution < -0.4 is 5.32 Å². The number of rotatable bonds is 1. The number of piperazine rings is 1. The maximum absolute atomic E-state index is 12.7. The number of amides is 2. The summed E-state index contributed by atoms with van der Waals surface area (Å²) in [5, 5.41) is 2.81. The molecule has 0 aliphatic carbocycles. The molecule has 0 radical (unpaired) electrons. The van der Waals surface area contributed by atoms with Crippen molar-refractivity contribution >= 4 is 11.8 Å². The Kier molecular flexibility index (Phi) is 3.35. The van der Waals surface area contributed by atoms with Gasteiger partial charge in [-0.25, -0.2) is 0 Å². The first-order valence-electron chi connectivity index (χ1n) is 6.52. The standard InChI is InChI=1S/C15H20N2O2/c1-10-6-5-7-11(2)12(10)13(18)17-9-8-16-14(19)15(17,3)4/h5-7H,8-9H2,1-4H3,(H,16,19). The molecule has 0 saturated carbocycles. The van der Waals surface area contributed by atoms with Gasteiger partial charge in [-0.15, -0.1) is 0 Å². The van der Waals surface area contributed by atoms with Gasteiger partial charge in [0.15, 0.2) is 0 Å². The number of aryl methyl sites for hydroxylation is 2. The molecule has 4 heteroatoms. The minimum atomic E-state index is -0.802. The molecule has 1 aliphatic heterocycles. The van der Waals surface area contributed by atoms with E-state index in [0.717, 1.165) is 11.1 Å². The van der Waals surface area contributed by atoms with Crippen molar-refractivity contribution in [3.63, 3.8) is 0 Å². The van der Waals surface area contributed by atoms with E-state index in [0.29, 0.717) is 18.7 Å². The van der Waals surface area contributed by atoms with Gasteiger partial charge in [0.25, 0.3) is 5.91 Å². The van der Waals surface area contributed by atoms with Crippen molar-refractivity contribution in [3.8, 4) is 0 Å². The largest absolute Gasteiger partial charge is 0.352 e. The molecule has 19 heavy (non-hydrogen) atoms. The third-order valence-electron chi connectivity index (χ3n) is 3.79. The van der Waals surface area contributed by atoms with Gasteiger partial charge < -0.3 is 10.2 Å². The highest BCUT2D eigenvalue weighted by atomic mass is 16.2. The molecule has 0 atom stereocenters. The van der Waals surface area contributed by atoms with Gasteiger partial charge >= 0.3 is 0 Å². The molecule has 4 nitrogen and oxygen atoms in total. The van der Waals surface area contributed by atoms with Crippen LogP contribution in [0.15, 0.2) is 18.2 Å². The van der Waals surface area contributed by atoms with Gasteiger partial charge in [-0.2, -0.15) is 0 Å². The SMILES string of the molecule is Cc1cccc(C)c1C(=O)N1CCNC(=O)C1(C)C. The maximum Gasteiger partial charge on any atom is 0.255 e. The van der Waals surface area contributed by atoms with E-state index < -0.39 is 5.54 Å². The Balaban J connectivity index is 2.41. The monoisotopic (exact) mass is 260 g/mol. The summed E-state index contributed by atoms with van der Waals surface area (Å²) >= 11 is 0. The molecule has 0 unspecified atom stereocenters. The molecule has 1 heterocycles. The first-order valence-corrected chi connectivity index (χ1v) is 6.52. The fraction of sp³-hybridized carbons (Fsp3) is 0.467. The van der Waals surface area contributed by atoms with Gasteiger partial charge in [-0.1, -0.05) is 18.2 Å². The van der Waals surface area contributed by atoms with Crippen LogP contribution in [0.4, 0.5) is 0 Å². The van der Waals surface area contributed by atoms with Crippen molar-refractivity contribution in [2.45, 2.75) is 33.2 Å². The first-order chi connectivity index (χ1) is 8.85. The summed E-state index contributed by atoms with van der Waals surface area (Å²) in [4.78, 5) is 26.3. The van der Waals surface area contributed by atoms with Gasteiger partial charge in [0, 0.05) is 18.7 Å². The molecule has 102 valence electrons. The Hall–Kier alpha value is -1.84. The van der Waals surface area contributed by atoms with Gasteiger partial charge in [0.05, 0.1) is 0 Å². The van der Waals surface area contributed by atoms with Crippen LogP contribution in [0.25, 0.3) is 0 Å². The fourth-order valence-corrected chi connectivity index (χ4v) is 2.54. The third kappa shape index (κ3) is 2.23. The Morgan fingerprint density at radius 3 is 2.42 bits per heavy atom. The average molecular weight is 260 g/mol. The summed E-state index contributed by atoms with van der Waals surface area (Å²) in [7, 11) is 0. The van der Waals surface area contributed by atoms with Gasteiger partial charge in [-0.3, -0.25) is 9.59 Å². The summed E-state index contributed by atoms with van der Waals surface area (Å²) in [5.41, 5.74) is 1.81. The van der Waals surface area contributed by atoms with Gasteiger partial charge in [-0.05, 0) is 38.8 Å². The lowest BCUT2D eigenvalue weighted by Gasteiger charge is -2.41. The minimum absolute atomic E-state index is 0.0598. The lowest BCUT2D eigenvalue weighted by Crippen LogP contribution is -2.63. The van der Waals surface area contributed by atoms with E-state index >= 15 is 0 Å². The number of nitrogens with zero attached hydrogens (tertiary/aromatic N) is 1. The molecule has 1 aliphatic rings. The summed E-state index contributed by atoms with van der Waals surface area (Å²) in [6.07, 6.45) is 0. The number of nitrogens with one attached hydrogen (secondary N) is 1. The second-order valence-corrected chi connectivity index (χ2v) is 5.54. The number of hydrogen-bond donors (Lipinski definition) is 1. The van der Waals surface area contributed by atoms with Crippen molar-refractivity contribution in [3.05, 3.63) is 34.9 Å². The lowest BCUT2D eigenvalue weighted by molar-refractivity contribution is -0.133. The van der Waals surface area contributed by atoms with Crippen molar-refractivity contribution in [1.82, 2.24) is 10.2 Å². The van der Waals surface area contributed by atoms with Crippen molar-refractivity contribution < 1.29 is 9.59 Å². The zero-order valence-electron chi connectivity index (χ0n) is 11.9. The Morgan fingerprint density at radius 1 is 1.26 bits per heavy atom. The number of hydrogen-bond acceptors (Lipinski definition) is 2. The van der Waals surface area contributed by atoms with E-state index in [4.69, 9.17) is 0 Å². The molecular weight excluding hydrogens is 240 g/mol. The van der Waals surface area contributed by atoms with Crippen molar-refractivity contribution in [2.75, 3.05) is 13.1 Å². The first kappa shape index (κ1) is 13.6. The summed E-state index contributed by atoms with van der Waals surface area (Å²) in [5.74, 6) is -0.159. The maximum atomic E-state index is 12.7. The molecule has 1 aromatic carbocycles. The minimum Gasteiger partial charge on any atom is -0.352 e. The second-order valence-electron chi connectivity index (χ2n) is 5.54. The van der Waals surface area contributed by atoms with Crippen LogP contribution in [0.2, 0.25) is 0 Å². The summed E-state index contributed by atoms with van der Waals surface area (Å²) < 4.78 is 0. The van der Waals surface area contributed by atoms with E-state index in [9.17, 15) is 9.59 Å². The van der Waals surface area contributed by atoms with Crippen LogP contribution in [0, 0.1) is 13.8 Å². The molecular formula is C15H20N2O2. The van der Waals surface area contributed by atoms with E-state index in [-0.39, 0.29) is 11.8 Å². The molecule has 2 amide bonds. The third-order valence-corrected chi connectivity index (χ3v) is 3.79. The molecule has 0 bridgehead atoms. The van der Waals surface area contributed by atoms with Crippen molar-refractivity contribution in [1.29, 1.82) is 0 Å². The Labute approximate surface area is 113 Å². The molecule has 1 saturated heterocycles. The molecule has 0 aromatic heterocycles. The van der Waals surface area contributed by atoms with E-state index in [1.165, 1.54) is 0 Å². The smallest absolute Gasteiger partial charge is 0.255 e. The van der Waals surface area contributed by atoms with Crippen LogP contribution in [0.5, 0.6) is 0 Å². The quantitative estimate of drug-likeness (QED) is 0.834. The lowest BCUT2D eigenvalue weighted by atomic mass is 9.95. The summed E-state index contributed by atoms with van der Waals surface area (Å²) in [6, 6.07) is 5.80. The fourth-order valence-electron chi connectivity index (χ4n) is 2.54. The molecule has 0 spiro atoms. The highest BCUT2D eigenvalue weighted by Gasteiger charge is 2.41. The van der Waals surface area contributed by atoms with Crippen LogP contribution in [-0.4, -0.2) is 35.3 Å². The van der Waals surface area contributed by atoms with E-state index in [1.54, 1.807) is 18.7 Å². The Bertz CT molecular complexity index is 515. The van der Waals surface area contributed by atoms with Crippen LogP contribution in [-0.2, 0) is 4.79 Å². The van der Waals surface area contributed by atoms with Crippen LogP contribution in [0.3, 0.4) is 0 Å². The highest BCUT2D eigenvalue weighted by Crippen LogP contribution is 2.23. The predicted octanol–water partition coefficient (Wildman–Crippen LogP) is 1.65. The molecule has 2 rings (SSSR count). The Morgan fingerprint density at radius 2 is 1.84 bits per heavy atom. The zero-order valence-corrected chi connectivity index (χ0v) is 11.9. The predicted molar refractivity (Wildman–Crippen MR) is 74.0 cm³/mol. The van der Waals surface area contributed by atoms with Crippen LogP contribution >= 0.6 is 0 Å². The highest BCUT2D eigenvalue weighted by molar-refractivity contribution is 6.01.